The molecule has 0 unspecified atom stereocenters. The minimum absolute atomic E-state index is 0.0186. The molecular weight excluding hydrogens is 154 g/mol. The van der Waals surface area contributed by atoms with Crippen LogP contribution in [0.25, 0.3) is 0 Å². The van der Waals surface area contributed by atoms with E-state index in [2.05, 4.69) is 0 Å². The molecule has 1 aliphatic rings. The molecule has 0 atom stereocenters. The summed E-state index contributed by atoms with van der Waals surface area (Å²) < 4.78 is 4.77. The van der Waals surface area contributed by atoms with Gasteiger partial charge in [-0.25, -0.2) is 0 Å². The van der Waals surface area contributed by atoms with E-state index in [9.17, 15) is 4.79 Å². The summed E-state index contributed by atoms with van der Waals surface area (Å²) in [6.45, 7) is 2.31. The first kappa shape index (κ1) is 7.82. The Kier molecular flexibility index (Phi) is 2.96. The van der Waals surface area contributed by atoms with Crippen molar-refractivity contribution < 1.29 is 9.53 Å². The van der Waals surface area contributed by atoms with Crippen LogP contribution < -0.4 is 0 Å². The summed E-state index contributed by atoms with van der Waals surface area (Å²) in [4.78, 5) is 12.4. The zero-order chi connectivity index (χ0) is 7.40. The van der Waals surface area contributed by atoms with Crippen LogP contribution in [-0.4, -0.2) is 29.8 Å². The molecule has 0 aromatic rings. The van der Waals surface area contributed by atoms with Crippen molar-refractivity contribution in [3.8, 4) is 0 Å². The summed E-state index contributed by atoms with van der Waals surface area (Å²) in [6.07, 6.45) is 0.813. The molecule has 1 rings (SSSR count). The van der Waals surface area contributed by atoms with Crippen LogP contribution in [0.5, 0.6) is 0 Å². The first-order valence-electron chi connectivity index (χ1n) is 3.15. The third kappa shape index (κ3) is 1.85. The normalized spacial score (nSPS) is 18.5. The van der Waals surface area contributed by atoms with Gasteiger partial charge in [0.1, 0.15) is 0 Å². The molecule has 0 aromatic carbocycles. The number of halogens is 1. The van der Waals surface area contributed by atoms with Crippen LogP contribution in [0.3, 0.4) is 0 Å². The Morgan fingerprint density at radius 2 is 2.60 bits per heavy atom. The summed E-state index contributed by atoms with van der Waals surface area (Å²) in [6, 6.07) is 0. The number of nitrogens with zero attached hydrogens (tertiary/aromatic N) is 1. The van der Waals surface area contributed by atoms with Gasteiger partial charge in [0.15, 0.2) is 0 Å². The van der Waals surface area contributed by atoms with Crippen molar-refractivity contribution in [2.24, 2.45) is 0 Å². The van der Waals surface area contributed by atoms with Gasteiger partial charge in [-0.1, -0.05) is 0 Å². The second-order valence-electron chi connectivity index (χ2n) is 2.05. The Hall–Kier alpha value is -0.280. The van der Waals surface area contributed by atoms with Gasteiger partial charge in [0.2, 0.25) is 5.91 Å². The average molecular weight is 163 g/mol. The third-order valence-corrected chi connectivity index (χ3v) is 1.53. The molecular formula is C6H9ClNO2-. The van der Waals surface area contributed by atoms with E-state index in [0.29, 0.717) is 12.4 Å². The van der Waals surface area contributed by atoms with Crippen LogP contribution in [0.4, 0.5) is 0 Å². The highest BCUT2D eigenvalue weighted by Crippen LogP contribution is 2.06. The van der Waals surface area contributed by atoms with Crippen LogP contribution in [-0.2, 0) is 9.53 Å². The van der Waals surface area contributed by atoms with Crippen molar-refractivity contribution in [1.29, 1.82) is 0 Å². The zero-order valence-corrected chi connectivity index (χ0v) is 6.30. The number of alkyl halides is 1. The van der Waals surface area contributed by atoms with Crippen molar-refractivity contribution in [1.82, 2.24) is 4.90 Å². The Morgan fingerprint density at radius 1 is 1.80 bits per heavy atom. The topological polar surface area (TPSA) is 29.5 Å². The Morgan fingerprint density at radius 3 is 3.10 bits per heavy atom. The van der Waals surface area contributed by atoms with Gasteiger partial charge in [-0.05, 0) is 13.0 Å². The standard InChI is InChI=1S/C6H9ClNO2/c7-2-1-3-8-5-10-4-6(8)9/h5H,1-4H2/q-1. The fourth-order valence-electron chi connectivity index (χ4n) is 0.748. The quantitative estimate of drug-likeness (QED) is 0.449. The number of carbonyl (C=O) groups is 1. The lowest BCUT2D eigenvalue weighted by Crippen LogP contribution is -2.24. The molecule has 1 fully saturated rings. The van der Waals surface area contributed by atoms with Gasteiger partial charge in [0.25, 0.3) is 0 Å². The minimum Gasteiger partial charge on any atom is -0.525 e. The average Bonchev–Trinajstić information content (AvgIpc) is 2.31. The highest BCUT2D eigenvalue weighted by molar-refractivity contribution is 6.17. The Balaban J connectivity index is 2.20. The number of hydrogen-bond acceptors (Lipinski definition) is 2. The molecule has 1 amide bonds. The monoisotopic (exact) mass is 162 g/mol. The van der Waals surface area contributed by atoms with Gasteiger partial charge in [-0.15, -0.1) is 18.3 Å². The molecule has 1 saturated heterocycles. The molecule has 0 radical (unpaired) electrons. The van der Waals surface area contributed by atoms with E-state index in [1.54, 1.807) is 4.90 Å². The van der Waals surface area contributed by atoms with Gasteiger partial charge >= 0.3 is 0 Å². The molecule has 0 N–H and O–H groups in total. The molecule has 0 saturated carbocycles. The molecule has 0 aliphatic carbocycles. The zero-order valence-electron chi connectivity index (χ0n) is 5.55. The largest absolute Gasteiger partial charge is 0.525 e. The first-order valence-corrected chi connectivity index (χ1v) is 3.68. The smallest absolute Gasteiger partial charge is 0.218 e. The third-order valence-electron chi connectivity index (χ3n) is 1.26. The fourth-order valence-corrected chi connectivity index (χ4v) is 0.867. The Bertz CT molecular complexity index is 129. The lowest BCUT2D eigenvalue weighted by molar-refractivity contribution is -0.126. The number of amides is 1. The predicted octanol–water partition coefficient (Wildman–Crippen LogP) is 0.593. The van der Waals surface area contributed by atoms with Crippen LogP contribution >= 0.6 is 11.6 Å². The van der Waals surface area contributed by atoms with Gasteiger partial charge in [-0.2, -0.15) is 0 Å². The summed E-state index contributed by atoms with van der Waals surface area (Å²) in [5.41, 5.74) is 0. The number of rotatable bonds is 3. The minimum atomic E-state index is 0.0186. The van der Waals surface area contributed by atoms with Gasteiger partial charge in [0, 0.05) is 5.88 Å². The lowest BCUT2D eigenvalue weighted by Gasteiger charge is -2.22. The van der Waals surface area contributed by atoms with E-state index >= 15 is 0 Å². The molecule has 58 valence electrons. The molecule has 1 heterocycles. The van der Waals surface area contributed by atoms with Crippen molar-refractivity contribution >= 4 is 17.5 Å². The fraction of sp³-hybridized carbons (Fsp3) is 0.667. The molecule has 0 bridgehead atoms. The van der Waals surface area contributed by atoms with Crippen molar-refractivity contribution in [2.75, 3.05) is 19.0 Å². The summed E-state index contributed by atoms with van der Waals surface area (Å²) in [7, 11) is 0. The number of hydrogen-bond donors (Lipinski definition) is 0. The number of carbonyl (C=O) groups excluding carboxylic acids is 1. The van der Waals surface area contributed by atoms with E-state index < -0.39 is 0 Å². The van der Waals surface area contributed by atoms with Gasteiger partial charge in [0.05, 0.1) is 6.61 Å². The van der Waals surface area contributed by atoms with E-state index in [-0.39, 0.29) is 12.5 Å². The van der Waals surface area contributed by atoms with Crippen LogP contribution in [0, 0.1) is 6.73 Å². The summed E-state index contributed by atoms with van der Waals surface area (Å²) >= 11 is 5.43. The summed E-state index contributed by atoms with van der Waals surface area (Å²) in [5, 5.41) is 0. The molecule has 0 spiro atoms. The molecule has 10 heavy (non-hydrogen) atoms. The van der Waals surface area contributed by atoms with Crippen LogP contribution in [0.15, 0.2) is 0 Å². The summed E-state index contributed by atoms with van der Waals surface area (Å²) in [5.74, 6) is 0.600. The molecule has 3 nitrogen and oxygen atoms in total. The van der Waals surface area contributed by atoms with E-state index in [0.717, 1.165) is 6.42 Å². The maximum Gasteiger partial charge on any atom is 0.218 e. The van der Waals surface area contributed by atoms with E-state index in [1.165, 1.54) is 6.73 Å². The predicted molar refractivity (Wildman–Crippen MR) is 37.3 cm³/mol. The van der Waals surface area contributed by atoms with E-state index in [1.807, 2.05) is 0 Å². The van der Waals surface area contributed by atoms with Crippen molar-refractivity contribution in [2.45, 2.75) is 6.42 Å². The van der Waals surface area contributed by atoms with Crippen molar-refractivity contribution in [3.63, 3.8) is 0 Å². The molecule has 0 aromatic heterocycles. The van der Waals surface area contributed by atoms with Crippen molar-refractivity contribution in [3.05, 3.63) is 6.73 Å². The maximum atomic E-state index is 10.8. The molecule has 1 aliphatic heterocycles. The highest BCUT2D eigenvalue weighted by atomic mass is 35.5. The van der Waals surface area contributed by atoms with Crippen LogP contribution in [0.1, 0.15) is 6.42 Å². The van der Waals surface area contributed by atoms with Gasteiger partial charge < -0.3 is 9.64 Å². The lowest BCUT2D eigenvalue weighted by atomic mass is 10.4. The Labute approximate surface area is 64.9 Å². The number of ether oxygens (including phenoxy) is 1. The second kappa shape index (κ2) is 3.78. The van der Waals surface area contributed by atoms with Gasteiger partial charge in [-0.3, -0.25) is 4.79 Å². The second-order valence-corrected chi connectivity index (χ2v) is 2.42. The highest BCUT2D eigenvalue weighted by Gasteiger charge is 2.09. The maximum absolute atomic E-state index is 10.8. The first-order chi connectivity index (χ1) is 4.84. The SMILES string of the molecule is O=C1CO[CH-]N1CCCCl. The van der Waals surface area contributed by atoms with E-state index in [4.69, 9.17) is 16.3 Å². The molecule has 4 heteroatoms. The van der Waals surface area contributed by atoms with Crippen LogP contribution in [0.2, 0.25) is 0 Å².